The van der Waals surface area contributed by atoms with Gasteiger partial charge in [0.25, 0.3) is 0 Å². The van der Waals surface area contributed by atoms with Gasteiger partial charge in [0.2, 0.25) is 0 Å². The van der Waals surface area contributed by atoms with Crippen molar-refractivity contribution in [2.45, 2.75) is 95.0 Å². The number of hydrogen-bond donors (Lipinski definition) is 2. The van der Waals surface area contributed by atoms with E-state index < -0.39 is 10.1 Å². The fourth-order valence-electron chi connectivity index (χ4n) is 3.56. The molecule has 1 aliphatic heterocycles. The van der Waals surface area contributed by atoms with Crippen LogP contribution in [-0.2, 0) is 10.1 Å². The van der Waals surface area contributed by atoms with E-state index in [1.165, 1.54) is 70.3 Å². The van der Waals surface area contributed by atoms with Gasteiger partial charge in [0.15, 0.2) is 0 Å². The van der Waals surface area contributed by atoms with Gasteiger partial charge in [-0.3, -0.25) is 0 Å². The van der Waals surface area contributed by atoms with Gasteiger partial charge in [-0.25, -0.2) is 8.42 Å². The third-order valence-electron chi connectivity index (χ3n) is 5.04. The number of anilines is 2. The van der Waals surface area contributed by atoms with Crippen molar-refractivity contribution in [1.82, 2.24) is 0 Å². The third-order valence-corrected chi connectivity index (χ3v) is 5.92. The molecule has 0 amide bonds. The van der Waals surface area contributed by atoms with Crippen LogP contribution in [-0.4, -0.2) is 19.1 Å². The molecule has 27 heavy (non-hydrogen) atoms. The van der Waals surface area contributed by atoms with Crippen LogP contribution in [0.5, 0.6) is 0 Å². The SMILES string of the molecule is CCCCCCCCCCCCCC1Nc2cccc(S(=O)(=O)[O-])c2N1.[K+]. The molecular formula is C20H33KN2O3S. The van der Waals surface area contributed by atoms with E-state index in [-0.39, 0.29) is 62.4 Å². The Morgan fingerprint density at radius 2 is 1.44 bits per heavy atom. The normalized spacial score (nSPS) is 15.6. The average Bonchev–Trinajstić information content (AvgIpc) is 3.01. The maximum Gasteiger partial charge on any atom is 1.00 e. The number of rotatable bonds is 13. The molecular weight excluding hydrogens is 387 g/mol. The molecule has 1 aromatic rings. The minimum Gasteiger partial charge on any atom is -0.744 e. The van der Waals surface area contributed by atoms with Crippen molar-refractivity contribution in [2.24, 2.45) is 0 Å². The van der Waals surface area contributed by atoms with E-state index in [9.17, 15) is 13.0 Å². The Bertz CT molecular complexity index is 653. The van der Waals surface area contributed by atoms with Crippen molar-refractivity contribution >= 4 is 21.5 Å². The van der Waals surface area contributed by atoms with Gasteiger partial charge in [0.1, 0.15) is 10.1 Å². The smallest absolute Gasteiger partial charge is 0.744 e. The third kappa shape index (κ3) is 9.15. The zero-order valence-corrected chi connectivity index (χ0v) is 20.9. The van der Waals surface area contributed by atoms with Crippen LogP contribution in [0.2, 0.25) is 0 Å². The Kier molecular flexibility index (Phi) is 12.8. The number of fused-ring (bicyclic) bond motifs is 1. The fourth-order valence-corrected chi connectivity index (χ4v) is 4.23. The molecule has 0 fully saturated rings. The first-order chi connectivity index (χ1) is 12.5. The number of hydrogen-bond acceptors (Lipinski definition) is 5. The van der Waals surface area contributed by atoms with Gasteiger partial charge in [0.05, 0.1) is 22.4 Å². The summed E-state index contributed by atoms with van der Waals surface area (Å²) in [7, 11) is -4.45. The Balaban J connectivity index is 0.00000364. The molecule has 0 aliphatic carbocycles. The Labute approximate surface area is 207 Å². The van der Waals surface area contributed by atoms with Crippen molar-refractivity contribution in [2.75, 3.05) is 10.6 Å². The van der Waals surface area contributed by atoms with Crippen molar-refractivity contribution in [1.29, 1.82) is 0 Å². The second-order valence-corrected chi connectivity index (χ2v) is 8.65. The van der Waals surface area contributed by atoms with Crippen molar-refractivity contribution in [3.63, 3.8) is 0 Å². The number of nitrogens with one attached hydrogen (secondary N) is 2. The predicted molar refractivity (Wildman–Crippen MR) is 107 cm³/mol. The number of benzene rings is 1. The fraction of sp³-hybridized carbons (Fsp3) is 0.700. The minimum atomic E-state index is -4.45. The summed E-state index contributed by atoms with van der Waals surface area (Å²) in [5.41, 5.74) is 1.13. The quantitative estimate of drug-likeness (QED) is 0.291. The van der Waals surface area contributed by atoms with Crippen LogP contribution in [0.1, 0.15) is 84.0 Å². The van der Waals surface area contributed by atoms with E-state index in [0.29, 0.717) is 11.4 Å². The van der Waals surface area contributed by atoms with E-state index in [4.69, 9.17) is 0 Å². The largest absolute Gasteiger partial charge is 1.00 e. The van der Waals surface area contributed by atoms with E-state index >= 15 is 0 Å². The Hall–Kier alpha value is 0.366. The van der Waals surface area contributed by atoms with Crippen LogP contribution in [0, 0.1) is 0 Å². The topological polar surface area (TPSA) is 81.3 Å². The Morgan fingerprint density at radius 1 is 0.889 bits per heavy atom. The molecule has 1 heterocycles. The van der Waals surface area contributed by atoms with Crippen LogP contribution in [0.15, 0.2) is 23.1 Å². The second-order valence-electron chi connectivity index (χ2n) is 7.30. The molecule has 0 saturated heterocycles. The summed E-state index contributed by atoms with van der Waals surface area (Å²) in [5, 5.41) is 6.42. The van der Waals surface area contributed by atoms with Gasteiger partial charge in [0, 0.05) is 0 Å². The van der Waals surface area contributed by atoms with Gasteiger partial charge in [-0.1, -0.05) is 77.2 Å². The first-order valence-electron chi connectivity index (χ1n) is 10.1. The molecule has 2 rings (SSSR count). The van der Waals surface area contributed by atoms with E-state index in [0.717, 1.165) is 12.8 Å². The average molecular weight is 421 g/mol. The molecule has 7 heteroatoms. The molecule has 1 unspecified atom stereocenters. The van der Waals surface area contributed by atoms with Crippen molar-refractivity contribution in [3.05, 3.63) is 18.2 Å². The molecule has 0 saturated carbocycles. The van der Waals surface area contributed by atoms with Crippen LogP contribution in [0.3, 0.4) is 0 Å². The number of para-hydroxylation sites is 1. The molecule has 0 spiro atoms. The van der Waals surface area contributed by atoms with Gasteiger partial charge >= 0.3 is 51.4 Å². The Morgan fingerprint density at radius 3 is 2.00 bits per heavy atom. The summed E-state index contributed by atoms with van der Waals surface area (Å²) in [6, 6.07) is 4.76. The summed E-state index contributed by atoms with van der Waals surface area (Å²) in [6.45, 7) is 2.25. The number of unbranched alkanes of at least 4 members (excludes halogenated alkanes) is 10. The van der Waals surface area contributed by atoms with Crippen molar-refractivity contribution < 1.29 is 64.4 Å². The first-order valence-corrected chi connectivity index (χ1v) is 11.5. The van der Waals surface area contributed by atoms with Gasteiger partial charge < -0.3 is 15.2 Å². The van der Waals surface area contributed by atoms with Crippen LogP contribution in [0.25, 0.3) is 0 Å². The summed E-state index contributed by atoms with van der Waals surface area (Å²) < 4.78 is 34.0. The summed E-state index contributed by atoms with van der Waals surface area (Å²) in [5.74, 6) is 0. The zero-order valence-electron chi connectivity index (χ0n) is 16.9. The first kappa shape index (κ1) is 25.4. The second kappa shape index (κ2) is 13.6. The van der Waals surface area contributed by atoms with Gasteiger partial charge in [-0.2, -0.15) is 0 Å². The van der Waals surface area contributed by atoms with Crippen LogP contribution >= 0.6 is 0 Å². The molecule has 1 atom stereocenters. The molecule has 0 radical (unpaired) electrons. The maximum atomic E-state index is 11.3. The monoisotopic (exact) mass is 420 g/mol. The van der Waals surface area contributed by atoms with Crippen LogP contribution < -0.4 is 62.0 Å². The van der Waals surface area contributed by atoms with E-state index in [1.54, 1.807) is 12.1 Å². The molecule has 2 N–H and O–H groups in total. The summed E-state index contributed by atoms with van der Waals surface area (Å²) in [6.07, 6.45) is 15.3. The molecule has 0 aromatic heterocycles. The zero-order chi connectivity index (χ0) is 18.8. The standard InChI is InChI=1S/C20H34N2O3S.K/c1-2-3-4-5-6-7-8-9-10-11-12-16-19-21-17-14-13-15-18(20(17)22-19)26(23,24)25;/h13-15,19,21-22H,2-12,16H2,1H3,(H,23,24,25);/q;+1/p-1. The van der Waals surface area contributed by atoms with Gasteiger partial charge in [-0.05, 0) is 25.0 Å². The molecule has 1 aromatic carbocycles. The van der Waals surface area contributed by atoms with Crippen molar-refractivity contribution in [3.8, 4) is 0 Å². The van der Waals surface area contributed by atoms with Gasteiger partial charge in [-0.15, -0.1) is 0 Å². The maximum absolute atomic E-state index is 11.3. The predicted octanol–water partition coefficient (Wildman–Crippen LogP) is 2.46. The summed E-state index contributed by atoms with van der Waals surface area (Å²) in [4.78, 5) is -0.163. The molecule has 0 bridgehead atoms. The molecule has 5 nitrogen and oxygen atoms in total. The molecule has 148 valence electrons. The van der Waals surface area contributed by atoms with Crippen LogP contribution in [0.4, 0.5) is 11.4 Å². The summed E-state index contributed by atoms with van der Waals surface area (Å²) >= 11 is 0. The van der Waals surface area contributed by atoms with E-state index in [1.807, 2.05) is 0 Å². The minimum absolute atomic E-state index is 0. The van der Waals surface area contributed by atoms with E-state index in [2.05, 4.69) is 17.6 Å². The molecule has 1 aliphatic rings.